The minimum absolute atomic E-state index is 0.00162. The van der Waals surface area contributed by atoms with Crippen molar-refractivity contribution in [2.24, 2.45) is 17.3 Å². The van der Waals surface area contributed by atoms with E-state index in [1.54, 1.807) is 0 Å². The maximum Gasteiger partial charge on any atom is 0.319 e. The second kappa shape index (κ2) is 10.2. The van der Waals surface area contributed by atoms with Crippen LogP contribution in [0.25, 0.3) is 32.1 Å². The Balaban J connectivity index is 1.29. The molecule has 0 spiro atoms. The van der Waals surface area contributed by atoms with Crippen molar-refractivity contribution in [2.45, 2.75) is 64.0 Å². The van der Waals surface area contributed by atoms with E-state index in [1.165, 1.54) is 31.4 Å². The van der Waals surface area contributed by atoms with Crippen molar-refractivity contribution in [2.75, 3.05) is 30.3 Å². The van der Waals surface area contributed by atoms with Gasteiger partial charge in [0.1, 0.15) is 34.0 Å². The van der Waals surface area contributed by atoms with Crippen LogP contribution in [0.5, 0.6) is 6.01 Å². The lowest BCUT2D eigenvalue weighted by Crippen LogP contribution is -2.51. The number of aromatic nitrogens is 2. The minimum Gasteiger partial charge on any atom is -0.463 e. The fourth-order valence-electron chi connectivity index (χ4n) is 8.76. The van der Waals surface area contributed by atoms with Crippen molar-refractivity contribution < 1.29 is 17.9 Å². The first-order valence-corrected chi connectivity index (χ1v) is 16.3. The van der Waals surface area contributed by atoms with Gasteiger partial charge in [-0.1, -0.05) is 19.4 Å². The first-order valence-electron chi connectivity index (χ1n) is 15.5. The van der Waals surface area contributed by atoms with E-state index in [0.29, 0.717) is 37.4 Å². The van der Waals surface area contributed by atoms with Crippen molar-refractivity contribution in [3.8, 4) is 23.2 Å². The molecule has 2 aliphatic carbocycles. The monoisotopic (exact) mass is 618 g/mol. The zero-order valence-corrected chi connectivity index (χ0v) is 25.2. The molecule has 11 heteroatoms. The van der Waals surface area contributed by atoms with Gasteiger partial charge in [-0.25, -0.2) is 13.2 Å². The molecule has 7 nitrogen and oxygen atoms in total. The average Bonchev–Trinajstić information content (AvgIpc) is 3.73. The number of rotatable bonds is 5. The molecule has 2 aromatic heterocycles. The molecule has 2 aliphatic heterocycles. The molecule has 44 heavy (non-hydrogen) atoms. The van der Waals surface area contributed by atoms with E-state index < -0.39 is 17.5 Å². The van der Waals surface area contributed by atoms with Gasteiger partial charge in [0.25, 0.3) is 0 Å². The number of fused-ring (bicyclic) bond motifs is 5. The summed E-state index contributed by atoms with van der Waals surface area (Å²) in [6.45, 7) is 4.08. The van der Waals surface area contributed by atoms with Crippen LogP contribution in [-0.2, 0) is 0 Å². The number of nitriles is 1. The summed E-state index contributed by atoms with van der Waals surface area (Å²) >= 11 is 0.887. The van der Waals surface area contributed by atoms with E-state index >= 15 is 8.78 Å². The van der Waals surface area contributed by atoms with Crippen molar-refractivity contribution in [1.82, 2.24) is 15.3 Å². The molecule has 4 aliphatic rings. The minimum atomic E-state index is -0.903. The van der Waals surface area contributed by atoms with Crippen LogP contribution >= 0.6 is 11.3 Å². The van der Waals surface area contributed by atoms with E-state index in [2.05, 4.69) is 22.1 Å². The van der Waals surface area contributed by atoms with E-state index in [4.69, 9.17) is 15.5 Å². The molecule has 2 saturated heterocycles. The summed E-state index contributed by atoms with van der Waals surface area (Å²) < 4.78 is 54.1. The summed E-state index contributed by atoms with van der Waals surface area (Å²) in [6.07, 6.45) is 7.82. The van der Waals surface area contributed by atoms with Gasteiger partial charge in [0, 0.05) is 41.4 Å². The molecule has 4 heterocycles. The van der Waals surface area contributed by atoms with Gasteiger partial charge >= 0.3 is 6.01 Å². The summed E-state index contributed by atoms with van der Waals surface area (Å²) in [5.74, 6) is -0.668. The first kappa shape index (κ1) is 27.9. The highest BCUT2D eigenvalue weighted by Gasteiger charge is 2.49. The number of hydrogen-bond donors (Lipinski definition) is 2. The Bertz CT molecular complexity index is 1860. The predicted octanol–water partition coefficient (Wildman–Crippen LogP) is 6.92. The Labute approximate surface area is 257 Å². The van der Waals surface area contributed by atoms with Crippen LogP contribution in [-0.4, -0.2) is 41.7 Å². The van der Waals surface area contributed by atoms with Crippen molar-refractivity contribution in [3.05, 3.63) is 41.2 Å². The van der Waals surface area contributed by atoms with Crippen LogP contribution in [0.2, 0.25) is 0 Å². The van der Waals surface area contributed by atoms with Crippen LogP contribution in [0.15, 0.2) is 18.2 Å². The Hall–Kier alpha value is -3.62. The number of nitrogen functional groups attached to an aromatic ring is 1. The summed E-state index contributed by atoms with van der Waals surface area (Å²) in [6, 6.07) is 6.32. The van der Waals surface area contributed by atoms with Crippen molar-refractivity contribution in [1.29, 1.82) is 5.26 Å². The lowest BCUT2D eigenvalue weighted by atomic mass is 9.81. The maximum atomic E-state index is 16.8. The fourth-order valence-corrected chi connectivity index (χ4v) is 9.71. The quantitative estimate of drug-likeness (QED) is 0.251. The largest absolute Gasteiger partial charge is 0.463 e. The second-order valence-electron chi connectivity index (χ2n) is 13.4. The van der Waals surface area contributed by atoms with Gasteiger partial charge < -0.3 is 20.7 Å². The zero-order valence-electron chi connectivity index (χ0n) is 24.4. The summed E-state index contributed by atoms with van der Waals surface area (Å²) in [7, 11) is 0. The summed E-state index contributed by atoms with van der Waals surface area (Å²) in [5, 5.41) is 13.8. The second-order valence-corrected chi connectivity index (χ2v) is 14.4. The predicted molar refractivity (Wildman–Crippen MR) is 165 cm³/mol. The number of thiophene rings is 1. The molecule has 2 bridgehead atoms. The maximum absolute atomic E-state index is 16.8. The van der Waals surface area contributed by atoms with Gasteiger partial charge in [-0.05, 0) is 68.1 Å². The van der Waals surface area contributed by atoms with Gasteiger partial charge in [0.15, 0.2) is 5.82 Å². The van der Waals surface area contributed by atoms with E-state index in [1.807, 2.05) is 6.07 Å². The Morgan fingerprint density at radius 2 is 1.95 bits per heavy atom. The van der Waals surface area contributed by atoms with E-state index in [9.17, 15) is 9.65 Å². The molecule has 3 unspecified atom stereocenters. The van der Waals surface area contributed by atoms with Crippen LogP contribution in [0.3, 0.4) is 0 Å². The third-order valence-electron chi connectivity index (χ3n) is 10.6. The Kier molecular flexibility index (Phi) is 6.47. The number of halogens is 3. The van der Waals surface area contributed by atoms with Crippen molar-refractivity contribution >= 4 is 43.1 Å². The third-order valence-corrected chi connectivity index (χ3v) is 11.6. The van der Waals surface area contributed by atoms with Crippen LogP contribution < -0.4 is 20.7 Å². The summed E-state index contributed by atoms with van der Waals surface area (Å²) in [5.41, 5.74) is 5.70. The molecule has 4 fully saturated rings. The van der Waals surface area contributed by atoms with Gasteiger partial charge in [0.05, 0.1) is 22.4 Å². The highest BCUT2D eigenvalue weighted by molar-refractivity contribution is 7.23. The number of nitrogens with zero attached hydrogens (tertiary/aromatic N) is 4. The SMILES string of the molecule is C[C@H]1CC2CCC[C@@]2(COc2nc(N3CC4CCC(C3)N4)c3cc(F)c(-c4ccc(F)c5sc(N)c(C#N)c45)c(F)c3n2)C1. The third kappa shape index (κ3) is 4.25. The Morgan fingerprint density at radius 1 is 1.16 bits per heavy atom. The van der Waals surface area contributed by atoms with E-state index in [-0.39, 0.29) is 66.2 Å². The molecule has 0 radical (unpaired) electrons. The molecule has 8 rings (SSSR count). The van der Waals surface area contributed by atoms with Crippen LogP contribution in [0, 0.1) is 46.0 Å². The number of anilines is 2. The number of benzene rings is 2. The summed E-state index contributed by atoms with van der Waals surface area (Å²) in [4.78, 5) is 11.5. The number of piperazine rings is 1. The lowest BCUT2D eigenvalue weighted by Gasteiger charge is -2.34. The highest BCUT2D eigenvalue weighted by Crippen LogP contribution is 2.56. The molecule has 4 aromatic rings. The Morgan fingerprint density at radius 3 is 2.73 bits per heavy atom. The van der Waals surface area contributed by atoms with Gasteiger partial charge in [0.2, 0.25) is 0 Å². The number of nitrogens with two attached hydrogens (primary N) is 1. The zero-order chi connectivity index (χ0) is 30.3. The number of hydrogen-bond acceptors (Lipinski definition) is 8. The number of ether oxygens (including phenoxy) is 1. The van der Waals surface area contributed by atoms with Crippen molar-refractivity contribution in [3.63, 3.8) is 0 Å². The topological polar surface area (TPSA) is 100 Å². The molecule has 2 saturated carbocycles. The molecule has 2 aromatic carbocycles. The lowest BCUT2D eigenvalue weighted by molar-refractivity contribution is 0.113. The fraction of sp³-hybridized carbons (Fsp3) is 0.485. The van der Waals surface area contributed by atoms with Gasteiger partial charge in [-0.3, -0.25) is 0 Å². The first-order chi connectivity index (χ1) is 21.2. The molecule has 3 N–H and O–H groups in total. The van der Waals surface area contributed by atoms with Gasteiger partial charge in [-0.2, -0.15) is 15.2 Å². The molecule has 0 amide bonds. The molecule has 5 atom stereocenters. The highest BCUT2D eigenvalue weighted by atomic mass is 32.1. The van der Waals surface area contributed by atoms with Crippen LogP contribution in [0.1, 0.15) is 57.4 Å². The smallest absolute Gasteiger partial charge is 0.319 e. The van der Waals surface area contributed by atoms with Gasteiger partial charge in [-0.15, -0.1) is 11.3 Å². The van der Waals surface area contributed by atoms with E-state index in [0.717, 1.165) is 43.1 Å². The van der Waals surface area contributed by atoms with Crippen LogP contribution in [0.4, 0.5) is 24.0 Å². The molecular weight excluding hydrogens is 585 g/mol. The average molecular weight is 619 g/mol. The molecular formula is C33H33F3N6OS. The normalized spacial score (nSPS) is 27.8. The standard InChI is InChI=1S/C33H33F3N6OS/c1-16-9-17-3-2-8-33(17,11-16)15-43-32-40-28-21(31(41-32)42-13-18-4-5-19(14-42)39-18)10-24(35)26(27(28)36)20-6-7-23(34)29-25(20)22(12-37)30(38)44-29/h6-7,10,16-19,39H,2-5,8-9,11,13-15,38H2,1H3/t16-,17?,18?,19?,33-/m0/s1. The molecule has 228 valence electrons. The number of nitrogens with one attached hydrogen (secondary N) is 1.